The van der Waals surface area contributed by atoms with Gasteiger partial charge in [0.2, 0.25) is 5.91 Å². The molecule has 0 fully saturated rings. The van der Waals surface area contributed by atoms with Crippen molar-refractivity contribution < 1.29 is 4.79 Å². The normalized spacial score (nSPS) is 10.3. The lowest BCUT2D eigenvalue weighted by molar-refractivity contribution is -0.115. The number of unbranched alkanes of at least 4 members (excludes halogenated alkanes) is 1. The van der Waals surface area contributed by atoms with Gasteiger partial charge in [0.1, 0.15) is 0 Å². The molecule has 0 unspecified atom stereocenters. The van der Waals surface area contributed by atoms with Crippen LogP contribution in [0.25, 0.3) is 0 Å². The van der Waals surface area contributed by atoms with Gasteiger partial charge in [-0.1, -0.05) is 19.4 Å². The monoisotopic (exact) mass is 317 g/mol. The summed E-state index contributed by atoms with van der Waals surface area (Å²) < 4.78 is 0.925. The van der Waals surface area contributed by atoms with Crippen molar-refractivity contribution in [2.45, 2.75) is 32.6 Å². The van der Waals surface area contributed by atoms with Gasteiger partial charge in [0.25, 0.3) is 0 Å². The molecule has 0 aliphatic carbocycles. The molecule has 94 valence electrons. The Labute approximate surface area is 116 Å². The van der Waals surface area contributed by atoms with E-state index < -0.39 is 0 Å². The van der Waals surface area contributed by atoms with Gasteiger partial charge in [-0.05, 0) is 46.5 Å². The predicted octanol–water partition coefficient (Wildman–Crippen LogP) is 4.36. The van der Waals surface area contributed by atoms with Crippen LogP contribution in [0.2, 0.25) is 0 Å². The molecule has 1 amide bonds. The third-order valence-electron chi connectivity index (χ3n) is 2.45. The molecule has 1 aromatic rings. The molecule has 1 aromatic carbocycles. The second-order valence-corrected chi connectivity index (χ2v) is 5.14. The summed E-state index contributed by atoms with van der Waals surface area (Å²) in [5.41, 5.74) is 2.09. The van der Waals surface area contributed by atoms with Crippen molar-refractivity contribution in [2.75, 3.05) is 11.2 Å². The Morgan fingerprint density at radius 2 is 2.24 bits per heavy atom. The van der Waals surface area contributed by atoms with E-state index in [0.717, 1.165) is 16.6 Å². The molecular weight excluding hydrogens is 302 g/mol. The summed E-state index contributed by atoms with van der Waals surface area (Å²) in [6, 6.07) is 6.05. The van der Waals surface area contributed by atoms with E-state index in [0.29, 0.717) is 12.3 Å². The third-order valence-corrected chi connectivity index (χ3v) is 3.29. The minimum Gasteiger partial charge on any atom is -0.325 e. The zero-order valence-electron chi connectivity index (χ0n) is 9.93. The number of nitrogens with one attached hydrogen (secondary N) is 1. The molecule has 0 atom stereocenters. The lowest BCUT2D eigenvalue weighted by Crippen LogP contribution is -2.12. The van der Waals surface area contributed by atoms with Crippen LogP contribution in [0.3, 0.4) is 0 Å². The van der Waals surface area contributed by atoms with Crippen LogP contribution < -0.4 is 5.32 Å². The zero-order valence-corrected chi connectivity index (χ0v) is 12.3. The fourth-order valence-corrected chi connectivity index (χ4v) is 2.19. The summed E-state index contributed by atoms with van der Waals surface area (Å²) in [5, 5.41) is 2.82. The first-order valence-electron chi connectivity index (χ1n) is 5.81. The second-order valence-electron chi connectivity index (χ2n) is 3.90. The Balaban J connectivity index is 2.65. The fourth-order valence-electron chi connectivity index (χ4n) is 1.49. The number of anilines is 1. The highest BCUT2D eigenvalue weighted by Crippen LogP contribution is 2.24. The average molecular weight is 319 g/mol. The molecule has 1 rings (SSSR count). The van der Waals surface area contributed by atoms with Gasteiger partial charge in [0, 0.05) is 16.8 Å². The molecule has 2 nitrogen and oxygen atoms in total. The van der Waals surface area contributed by atoms with Gasteiger partial charge in [-0.3, -0.25) is 4.79 Å². The number of rotatable bonds is 6. The van der Waals surface area contributed by atoms with Crippen LogP contribution in [0.4, 0.5) is 5.69 Å². The van der Waals surface area contributed by atoms with Crippen molar-refractivity contribution in [1.29, 1.82) is 0 Å². The van der Waals surface area contributed by atoms with E-state index in [1.807, 2.05) is 6.07 Å². The topological polar surface area (TPSA) is 29.1 Å². The van der Waals surface area contributed by atoms with Crippen molar-refractivity contribution in [2.24, 2.45) is 0 Å². The number of benzene rings is 1. The molecule has 0 radical (unpaired) electrons. The molecule has 1 N–H and O–H groups in total. The summed E-state index contributed by atoms with van der Waals surface area (Å²) in [4.78, 5) is 11.4. The minimum atomic E-state index is -0.0537. The second kappa shape index (κ2) is 7.72. The number of carbonyl (C=O) groups excluding carboxylic acids is 1. The molecule has 0 aromatic heterocycles. The maximum absolute atomic E-state index is 11.4. The first-order chi connectivity index (χ1) is 8.17. The van der Waals surface area contributed by atoms with Gasteiger partial charge in [0.15, 0.2) is 0 Å². The van der Waals surface area contributed by atoms with Crippen LogP contribution in [-0.4, -0.2) is 11.8 Å². The standard InChI is InChI=1S/C13H17BrClNO/c1-2-3-4-10-5-6-12(11(14)9-10)16-13(17)7-8-15/h5-6,9H,2-4,7-8H2,1H3,(H,16,17). The van der Waals surface area contributed by atoms with E-state index in [4.69, 9.17) is 11.6 Å². The van der Waals surface area contributed by atoms with Gasteiger partial charge in [-0.15, -0.1) is 11.6 Å². The van der Waals surface area contributed by atoms with E-state index in [1.54, 1.807) is 0 Å². The number of carbonyl (C=O) groups is 1. The molecule has 0 bridgehead atoms. The fraction of sp³-hybridized carbons (Fsp3) is 0.462. The summed E-state index contributed by atoms with van der Waals surface area (Å²) in [6.07, 6.45) is 3.78. The SMILES string of the molecule is CCCCc1ccc(NC(=O)CCCl)c(Br)c1. The summed E-state index contributed by atoms with van der Waals surface area (Å²) in [6.45, 7) is 2.18. The number of hydrogen-bond acceptors (Lipinski definition) is 1. The van der Waals surface area contributed by atoms with Crippen molar-refractivity contribution >= 4 is 39.1 Å². The molecule has 0 saturated carbocycles. The van der Waals surface area contributed by atoms with E-state index in [-0.39, 0.29) is 5.91 Å². The van der Waals surface area contributed by atoms with Crippen molar-refractivity contribution in [3.63, 3.8) is 0 Å². The van der Waals surface area contributed by atoms with E-state index in [9.17, 15) is 4.79 Å². The van der Waals surface area contributed by atoms with Crippen LogP contribution in [0.5, 0.6) is 0 Å². The van der Waals surface area contributed by atoms with Gasteiger partial charge >= 0.3 is 0 Å². The van der Waals surface area contributed by atoms with Crippen LogP contribution in [0.1, 0.15) is 31.7 Å². The molecule has 0 aliphatic heterocycles. The molecule has 17 heavy (non-hydrogen) atoms. The Hall–Kier alpha value is -0.540. The third kappa shape index (κ3) is 5.09. The number of alkyl halides is 1. The lowest BCUT2D eigenvalue weighted by atomic mass is 10.1. The Bertz CT molecular complexity index is 382. The van der Waals surface area contributed by atoms with Crippen LogP contribution in [0, 0.1) is 0 Å². The molecule has 4 heteroatoms. The highest BCUT2D eigenvalue weighted by atomic mass is 79.9. The highest BCUT2D eigenvalue weighted by molar-refractivity contribution is 9.10. The lowest BCUT2D eigenvalue weighted by Gasteiger charge is -2.08. The van der Waals surface area contributed by atoms with Crippen molar-refractivity contribution in [1.82, 2.24) is 0 Å². The highest BCUT2D eigenvalue weighted by Gasteiger charge is 2.05. The zero-order chi connectivity index (χ0) is 12.7. The Kier molecular flexibility index (Phi) is 6.60. The van der Waals surface area contributed by atoms with Gasteiger partial charge < -0.3 is 5.32 Å². The smallest absolute Gasteiger partial charge is 0.225 e. The number of aryl methyl sites for hydroxylation is 1. The van der Waals surface area contributed by atoms with Crippen molar-refractivity contribution in [3.05, 3.63) is 28.2 Å². The minimum absolute atomic E-state index is 0.0537. The summed E-state index contributed by atoms with van der Waals surface area (Å²) in [5.74, 6) is 0.292. The Morgan fingerprint density at radius 3 is 2.82 bits per heavy atom. The maximum Gasteiger partial charge on any atom is 0.225 e. The van der Waals surface area contributed by atoms with Gasteiger partial charge in [0.05, 0.1) is 5.69 Å². The summed E-state index contributed by atoms with van der Waals surface area (Å²) >= 11 is 8.98. The van der Waals surface area contributed by atoms with Crippen LogP contribution in [0.15, 0.2) is 22.7 Å². The first kappa shape index (κ1) is 14.5. The molecule has 0 aliphatic rings. The summed E-state index contributed by atoms with van der Waals surface area (Å²) in [7, 11) is 0. The maximum atomic E-state index is 11.4. The molecule has 0 saturated heterocycles. The number of amides is 1. The Morgan fingerprint density at radius 1 is 1.47 bits per heavy atom. The largest absolute Gasteiger partial charge is 0.325 e. The predicted molar refractivity (Wildman–Crippen MR) is 76.7 cm³/mol. The quantitative estimate of drug-likeness (QED) is 0.776. The molecular formula is C13H17BrClNO. The molecule has 0 heterocycles. The number of halogens is 2. The van der Waals surface area contributed by atoms with E-state index >= 15 is 0 Å². The van der Waals surface area contributed by atoms with Crippen LogP contribution in [-0.2, 0) is 11.2 Å². The number of hydrogen-bond donors (Lipinski definition) is 1. The van der Waals surface area contributed by atoms with Crippen molar-refractivity contribution in [3.8, 4) is 0 Å². The van der Waals surface area contributed by atoms with Gasteiger partial charge in [-0.25, -0.2) is 0 Å². The molecule has 0 spiro atoms. The van der Waals surface area contributed by atoms with E-state index in [1.165, 1.54) is 18.4 Å². The average Bonchev–Trinajstić information content (AvgIpc) is 2.30. The van der Waals surface area contributed by atoms with E-state index in [2.05, 4.69) is 40.3 Å². The van der Waals surface area contributed by atoms with Gasteiger partial charge in [-0.2, -0.15) is 0 Å². The van der Waals surface area contributed by atoms with Crippen LogP contribution >= 0.6 is 27.5 Å². The first-order valence-corrected chi connectivity index (χ1v) is 7.14.